The second kappa shape index (κ2) is 5.18. The van der Waals surface area contributed by atoms with E-state index in [9.17, 15) is 8.42 Å². The highest BCUT2D eigenvalue weighted by atomic mass is 35.5. The van der Waals surface area contributed by atoms with Gasteiger partial charge in [0.25, 0.3) is 0 Å². The normalized spacial score (nSPS) is 17.9. The Hall–Kier alpha value is -0.890. The third-order valence-electron chi connectivity index (χ3n) is 2.40. The van der Waals surface area contributed by atoms with Crippen molar-refractivity contribution in [2.24, 2.45) is 0 Å². The molecule has 0 radical (unpaired) electrons. The molecule has 1 aromatic rings. The van der Waals surface area contributed by atoms with Crippen LogP contribution in [0.3, 0.4) is 0 Å². The first-order valence-corrected chi connectivity index (χ1v) is 7.00. The van der Waals surface area contributed by atoms with Gasteiger partial charge in [-0.3, -0.25) is 4.72 Å². The Bertz CT molecular complexity index is 488. The Kier molecular flexibility index (Phi) is 3.82. The van der Waals surface area contributed by atoms with Gasteiger partial charge in [-0.1, -0.05) is 11.6 Å². The molecule has 1 aliphatic heterocycles. The largest absolute Gasteiger partial charge is 0.314 e. The molecule has 0 spiro atoms. The molecule has 2 heterocycles. The van der Waals surface area contributed by atoms with Crippen molar-refractivity contribution in [2.45, 2.75) is 0 Å². The van der Waals surface area contributed by atoms with Crippen LogP contribution in [0.1, 0.15) is 0 Å². The van der Waals surface area contributed by atoms with Gasteiger partial charge >= 0.3 is 10.2 Å². The summed E-state index contributed by atoms with van der Waals surface area (Å²) in [4.78, 5) is 3.89. The Morgan fingerprint density at radius 3 is 2.76 bits per heavy atom. The highest BCUT2D eigenvalue weighted by Crippen LogP contribution is 2.19. The molecule has 6 nitrogen and oxygen atoms in total. The van der Waals surface area contributed by atoms with Crippen molar-refractivity contribution in [1.29, 1.82) is 0 Å². The molecular formula is C9H13ClN4O2S. The van der Waals surface area contributed by atoms with Gasteiger partial charge in [0.05, 0.1) is 5.02 Å². The van der Waals surface area contributed by atoms with Gasteiger partial charge in [-0.15, -0.1) is 0 Å². The smallest absolute Gasteiger partial charge is 0.302 e. The van der Waals surface area contributed by atoms with Crippen LogP contribution < -0.4 is 10.0 Å². The number of halogens is 1. The van der Waals surface area contributed by atoms with Crippen molar-refractivity contribution in [1.82, 2.24) is 14.6 Å². The van der Waals surface area contributed by atoms with Gasteiger partial charge in [0, 0.05) is 32.4 Å². The molecule has 0 atom stereocenters. The number of rotatable bonds is 3. The number of hydrogen-bond acceptors (Lipinski definition) is 4. The molecule has 2 rings (SSSR count). The summed E-state index contributed by atoms with van der Waals surface area (Å²) in [6.45, 7) is 2.19. The molecule has 1 fully saturated rings. The molecule has 8 heteroatoms. The van der Waals surface area contributed by atoms with Crippen LogP contribution in [0.15, 0.2) is 18.3 Å². The van der Waals surface area contributed by atoms with Crippen LogP contribution in [0.25, 0.3) is 0 Å². The lowest BCUT2D eigenvalue weighted by Gasteiger charge is -2.26. The predicted molar refractivity (Wildman–Crippen MR) is 66.2 cm³/mol. The number of pyridine rings is 1. The van der Waals surface area contributed by atoms with E-state index in [2.05, 4.69) is 15.0 Å². The van der Waals surface area contributed by atoms with E-state index in [0.29, 0.717) is 26.2 Å². The molecule has 1 aromatic heterocycles. The highest BCUT2D eigenvalue weighted by molar-refractivity contribution is 7.90. The van der Waals surface area contributed by atoms with Crippen molar-refractivity contribution in [3.8, 4) is 0 Å². The van der Waals surface area contributed by atoms with E-state index in [0.717, 1.165) is 0 Å². The van der Waals surface area contributed by atoms with Crippen molar-refractivity contribution in [3.63, 3.8) is 0 Å². The van der Waals surface area contributed by atoms with Gasteiger partial charge < -0.3 is 5.32 Å². The fourth-order valence-corrected chi connectivity index (χ4v) is 2.96. The second-order valence-corrected chi connectivity index (χ2v) is 5.67. The minimum atomic E-state index is -3.56. The summed E-state index contributed by atoms with van der Waals surface area (Å²) in [5.74, 6) is 0.160. The Morgan fingerprint density at radius 2 is 2.12 bits per heavy atom. The molecule has 0 aromatic carbocycles. The molecule has 94 valence electrons. The first kappa shape index (κ1) is 12.6. The number of nitrogens with zero attached hydrogens (tertiary/aromatic N) is 2. The minimum absolute atomic E-state index is 0.160. The lowest BCUT2D eigenvalue weighted by Crippen LogP contribution is -2.48. The standard InChI is InChI=1S/C9H13ClN4O2S/c10-8-2-1-3-12-9(8)13-17(15,16)14-6-4-11-5-7-14/h1-3,11H,4-7H2,(H,12,13). The van der Waals surface area contributed by atoms with E-state index in [1.54, 1.807) is 12.1 Å². The topological polar surface area (TPSA) is 74.3 Å². The lowest BCUT2D eigenvalue weighted by atomic mass is 10.4. The monoisotopic (exact) mass is 276 g/mol. The van der Waals surface area contributed by atoms with Gasteiger partial charge in [0.1, 0.15) is 0 Å². The SMILES string of the molecule is O=S(=O)(Nc1ncccc1Cl)N1CCNCC1. The van der Waals surface area contributed by atoms with Gasteiger partial charge in [-0.05, 0) is 12.1 Å². The van der Waals surface area contributed by atoms with Crippen LogP contribution in [0.2, 0.25) is 5.02 Å². The Balaban J connectivity index is 2.14. The maximum Gasteiger partial charge on any atom is 0.302 e. The first-order valence-electron chi connectivity index (χ1n) is 5.19. The molecule has 0 aliphatic carbocycles. The first-order chi connectivity index (χ1) is 8.09. The zero-order valence-electron chi connectivity index (χ0n) is 9.06. The van der Waals surface area contributed by atoms with E-state index in [1.165, 1.54) is 10.5 Å². The van der Waals surface area contributed by atoms with Crippen LogP contribution in [0.4, 0.5) is 5.82 Å². The van der Waals surface area contributed by atoms with Crippen LogP contribution in [-0.4, -0.2) is 43.9 Å². The average Bonchev–Trinajstić information content (AvgIpc) is 2.33. The molecule has 0 amide bonds. The van der Waals surface area contributed by atoms with E-state index in [-0.39, 0.29) is 10.8 Å². The summed E-state index contributed by atoms with van der Waals surface area (Å²) in [6.07, 6.45) is 1.49. The highest BCUT2D eigenvalue weighted by Gasteiger charge is 2.24. The van der Waals surface area contributed by atoms with Gasteiger partial charge in [-0.25, -0.2) is 4.98 Å². The van der Waals surface area contributed by atoms with Gasteiger partial charge in [-0.2, -0.15) is 12.7 Å². The third-order valence-corrected chi connectivity index (χ3v) is 4.20. The summed E-state index contributed by atoms with van der Waals surface area (Å²) in [5.41, 5.74) is 0. The maximum atomic E-state index is 12.0. The van der Waals surface area contributed by atoms with Crippen LogP contribution in [0.5, 0.6) is 0 Å². The molecule has 0 bridgehead atoms. The Morgan fingerprint density at radius 1 is 1.41 bits per heavy atom. The summed E-state index contributed by atoms with van der Waals surface area (Å²) in [6, 6.07) is 3.23. The second-order valence-electron chi connectivity index (χ2n) is 3.59. The van der Waals surface area contributed by atoms with Crippen molar-refractivity contribution < 1.29 is 8.42 Å². The molecular weight excluding hydrogens is 264 g/mol. The Labute approximate surface area is 105 Å². The maximum absolute atomic E-state index is 12.0. The number of hydrogen-bond donors (Lipinski definition) is 2. The van der Waals surface area contributed by atoms with Gasteiger partial charge in [0.2, 0.25) is 0 Å². The quantitative estimate of drug-likeness (QED) is 0.833. The molecule has 2 N–H and O–H groups in total. The molecule has 17 heavy (non-hydrogen) atoms. The van der Waals surface area contributed by atoms with Crippen LogP contribution >= 0.6 is 11.6 Å². The van der Waals surface area contributed by atoms with E-state index in [4.69, 9.17) is 11.6 Å². The number of nitrogens with one attached hydrogen (secondary N) is 2. The summed E-state index contributed by atoms with van der Waals surface area (Å²) < 4.78 is 27.7. The summed E-state index contributed by atoms with van der Waals surface area (Å²) >= 11 is 5.85. The predicted octanol–water partition coefficient (Wildman–Crippen LogP) is 0.297. The number of aromatic nitrogens is 1. The lowest BCUT2D eigenvalue weighted by molar-refractivity contribution is 0.362. The van der Waals surface area contributed by atoms with Gasteiger partial charge in [0.15, 0.2) is 5.82 Å². The molecule has 1 saturated heterocycles. The zero-order valence-corrected chi connectivity index (χ0v) is 10.6. The van der Waals surface area contributed by atoms with Crippen LogP contribution in [0, 0.1) is 0 Å². The fourth-order valence-electron chi connectivity index (χ4n) is 1.53. The molecule has 0 unspecified atom stereocenters. The van der Waals surface area contributed by atoms with E-state index < -0.39 is 10.2 Å². The zero-order chi connectivity index (χ0) is 12.3. The van der Waals surface area contributed by atoms with E-state index in [1.807, 2.05) is 0 Å². The molecule has 0 saturated carbocycles. The summed E-state index contributed by atoms with van der Waals surface area (Å²) in [5, 5.41) is 3.37. The third kappa shape index (κ3) is 3.06. The van der Waals surface area contributed by atoms with E-state index >= 15 is 0 Å². The fraction of sp³-hybridized carbons (Fsp3) is 0.444. The van der Waals surface area contributed by atoms with Crippen molar-refractivity contribution in [3.05, 3.63) is 23.4 Å². The number of anilines is 1. The summed E-state index contributed by atoms with van der Waals surface area (Å²) in [7, 11) is -3.56. The van der Waals surface area contributed by atoms with Crippen molar-refractivity contribution >= 4 is 27.6 Å². The minimum Gasteiger partial charge on any atom is -0.314 e. The van der Waals surface area contributed by atoms with Crippen LogP contribution in [-0.2, 0) is 10.2 Å². The number of piperazine rings is 1. The van der Waals surface area contributed by atoms with Crippen molar-refractivity contribution in [2.75, 3.05) is 30.9 Å². The molecule has 1 aliphatic rings. The average molecular weight is 277 g/mol.